The van der Waals surface area contributed by atoms with Crippen molar-refractivity contribution in [2.45, 2.75) is 13.1 Å². The molecule has 0 N–H and O–H groups in total. The molecule has 0 saturated carbocycles. The van der Waals surface area contributed by atoms with Crippen LogP contribution in [0.25, 0.3) is 5.57 Å². The van der Waals surface area contributed by atoms with Gasteiger partial charge in [0.1, 0.15) is 11.4 Å². The average molecular weight is 258 g/mol. The van der Waals surface area contributed by atoms with Crippen molar-refractivity contribution in [3.63, 3.8) is 0 Å². The second-order valence-electron chi connectivity index (χ2n) is 3.28. The standard InChI is InChI=1S/C10H5F7/c1-3(2)4-6(11)5(10(15,16)17)8(13)9(14)7(4)12/h1H2,2H3. The van der Waals surface area contributed by atoms with Gasteiger partial charge in [0.05, 0.1) is 5.56 Å². The van der Waals surface area contributed by atoms with E-state index in [0.717, 1.165) is 6.92 Å². The van der Waals surface area contributed by atoms with Crippen LogP contribution in [0.4, 0.5) is 30.7 Å². The third kappa shape index (κ3) is 2.13. The summed E-state index contributed by atoms with van der Waals surface area (Å²) >= 11 is 0. The number of rotatable bonds is 1. The van der Waals surface area contributed by atoms with Crippen LogP contribution in [0.5, 0.6) is 0 Å². The maximum absolute atomic E-state index is 13.3. The zero-order valence-corrected chi connectivity index (χ0v) is 8.35. The molecule has 0 atom stereocenters. The summed E-state index contributed by atoms with van der Waals surface area (Å²) in [5.41, 5.74) is -4.25. The Kier molecular flexibility index (Phi) is 3.22. The highest BCUT2D eigenvalue weighted by atomic mass is 19.4. The molecule has 0 aliphatic carbocycles. The zero-order valence-electron chi connectivity index (χ0n) is 8.35. The lowest BCUT2D eigenvalue weighted by Crippen LogP contribution is -2.16. The van der Waals surface area contributed by atoms with Gasteiger partial charge < -0.3 is 0 Å². The number of alkyl halides is 3. The van der Waals surface area contributed by atoms with Gasteiger partial charge in [-0.1, -0.05) is 6.58 Å². The molecule has 0 saturated heterocycles. The minimum Gasteiger partial charge on any atom is -0.205 e. The Morgan fingerprint density at radius 1 is 0.882 bits per heavy atom. The summed E-state index contributed by atoms with van der Waals surface area (Å²) < 4.78 is 88.9. The molecular formula is C10H5F7. The predicted molar refractivity (Wildman–Crippen MR) is 46.0 cm³/mol. The molecule has 0 fully saturated rings. The van der Waals surface area contributed by atoms with Gasteiger partial charge >= 0.3 is 6.18 Å². The molecule has 0 aliphatic heterocycles. The van der Waals surface area contributed by atoms with Gasteiger partial charge in [0.2, 0.25) is 0 Å². The molecule has 0 unspecified atom stereocenters. The molecule has 0 aliphatic rings. The van der Waals surface area contributed by atoms with Crippen LogP contribution in [0.3, 0.4) is 0 Å². The average Bonchev–Trinajstić information content (AvgIpc) is 2.11. The first-order valence-electron chi connectivity index (χ1n) is 4.18. The summed E-state index contributed by atoms with van der Waals surface area (Å²) in [5, 5.41) is 0. The van der Waals surface area contributed by atoms with E-state index in [9.17, 15) is 30.7 Å². The Hall–Kier alpha value is -1.53. The van der Waals surface area contributed by atoms with Gasteiger partial charge in [-0.2, -0.15) is 13.2 Å². The van der Waals surface area contributed by atoms with Crippen LogP contribution in [0, 0.1) is 23.3 Å². The third-order valence-corrected chi connectivity index (χ3v) is 1.97. The summed E-state index contributed by atoms with van der Waals surface area (Å²) in [6.45, 7) is 3.98. The van der Waals surface area contributed by atoms with Crippen LogP contribution in [0.1, 0.15) is 18.1 Å². The number of benzene rings is 1. The first-order chi connectivity index (χ1) is 7.59. The lowest BCUT2D eigenvalue weighted by atomic mass is 10.0. The molecule has 0 nitrogen and oxygen atoms in total. The van der Waals surface area contributed by atoms with Crippen molar-refractivity contribution in [3.8, 4) is 0 Å². The van der Waals surface area contributed by atoms with Crippen molar-refractivity contribution in [2.24, 2.45) is 0 Å². The molecular weight excluding hydrogens is 253 g/mol. The van der Waals surface area contributed by atoms with Crippen molar-refractivity contribution in [2.75, 3.05) is 0 Å². The third-order valence-electron chi connectivity index (χ3n) is 1.97. The van der Waals surface area contributed by atoms with Crippen LogP contribution < -0.4 is 0 Å². The molecule has 0 bridgehead atoms. The van der Waals surface area contributed by atoms with Crippen molar-refractivity contribution in [3.05, 3.63) is 41.0 Å². The summed E-state index contributed by atoms with van der Waals surface area (Å²) in [4.78, 5) is 0. The van der Waals surface area contributed by atoms with E-state index in [-0.39, 0.29) is 0 Å². The second-order valence-corrected chi connectivity index (χ2v) is 3.28. The monoisotopic (exact) mass is 258 g/mol. The van der Waals surface area contributed by atoms with E-state index in [1.165, 1.54) is 0 Å². The van der Waals surface area contributed by atoms with Crippen LogP contribution >= 0.6 is 0 Å². The Balaban J connectivity index is 3.81. The van der Waals surface area contributed by atoms with Gasteiger partial charge in [0.25, 0.3) is 0 Å². The van der Waals surface area contributed by atoms with Crippen molar-refractivity contribution in [1.82, 2.24) is 0 Å². The molecule has 0 amide bonds. The highest BCUT2D eigenvalue weighted by Gasteiger charge is 2.42. The molecule has 0 spiro atoms. The van der Waals surface area contributed by atoms with Crippen LogP contribution in [0.15, 0.2) is 6.58 Å². The van der Waals surface area contributed by atoms with E-state index in [4.69, 9.17) is 0 Å². The molecule has 0 radical (unpaired) electrons. The highest BCUT2D eigenvalue weighted by molar-refractivity contribution is 5.63. The van der Waals surface area contributed by atoms with Gasteiger partial charge in [-0.3, -0.25) is 0 Å². The van der Waals surface area contributed by atoms with E-state index in [1.54, 1.807) is 0 Å². The highest BCUT2D eigenvalue weighted by Crippen LogP contribution is 2.38. The molecule has 0 heterocycles. The second kappa shape index (κ2) is 4.05. The fourth-order valence-corrected chi connectivity index (χ4v) is 1.26. The van der Waals surface area contributed by atoms with Crippen LogP contribution in [-0.4, -0.2) is 0 Å². The predicted octanol–water partition coefficient (Wildman–Crippen LogP) is 4.29. The molecule has 1 aromatic rings. The molecule has 0 aromatic heterocycles. The summed E-state index contributed by atoms with van der Waals surface area (Å²) in [5.74, 6) is -9.21. The van der Waals surface area contributed by atoms with Crippen LogP contribution in [0.2, 0.25) is 0 Å². The lowest BCUT2D eigenvalue weighted by molar-refractivity contribution is -0.142. The van der Waals surface area contributed by atoms with Gasteiger partial charge in [-0.05, 0) is 12.5 Å². The van der Waals surface area contributed by atoms with E-state index >= 15 is 0 Å². The largest absolute Gasteiger partial charge is 0.422 e. The smallest absolute Gasteiger partial charge is 0.205 e. The SMILES string of the molecule is C=C(C)c1c(F)c(F)c(F)c(C(F)(F)F)c1F. The molecule has 7 heteroatoms. The van der Waals surface area contributed by atoms with E-state index in [1.807, 2.05) is 0 Å². The van der Waals surface area contributed by atoms with Gasteiger partial charge in [0, 0.05) is 0 Å². The van der Waals surface area contributed by atoms with Gasteiger partial charge in [0.15, 0.2) is 17.5 Å². The molecule has 1 rings (SSSR count). The van der Waals surface area contributed by atoms with E-state index in [2.05, 4.69) is 6.58 Å². The normalized spacial score (nSPS) is 11.8. The zero-order chi connectivity index (χ0) is 13.5. The summed E-state index contributed by atoms with van der Waals surface area (Å²) in [6.07, 6.45) is -5.47. The van der Waals surface area contributed by atoms with Crippen molar-refractivity contribution >= 4 is 5.57 Å². The van der Waals surface area contributed by atoms with E-state index < -0.39 is 46.1 Å². The van der Waals surface area contributed by atoms with E-state index in [0.29, 0.717) is 0 Å². The maximum Gasteiger partial charge on any atom is 0.422 e. The quantitative estimate of drug-likeness (QED) is 0.400. The number of halogens is 7. The van der Waals surface area contributed by atoms with Gasteiger partial charge in [-0.15, -0.1) is 0 Å². The summed E-state index contributed by atoms with van der Waals surface area (Å²) in [6, 6.07) is 0. The minimum atomic E-state index is -5.47. The molecule has 17 heavy (non-hydrogen) atoms. The van der Waals surface area contributed by atoms with Gasteiger partial charge in [-0.25, -0.2) is 17.6 Å². The minimum absolute atomic E-state index is 0.482. The van der Waals surface area contributed by atoms with Crippen molar-refractivity contribution < 1.29 is 30.7 Å². The Bertz CT molecular complexity index is 485. The number of allylic oxidation sites excluding steroid dienone is 1. The maximum atomic E-state index is 13.3. The summed E-state index contributed by atoms with van der Waals surface area (Å²) in [7, 11) is 0. The first-order valence-corrected chi connectivity index (χ1v) is 4.18. The molecule has 1 aromatic carbocycles. The Labute approximate surface area is 91.4 Å². The number of hydrogen-bond donors (Lipinski definition) is 0. The fraction of sp³-hybridized carbons (Fsp3) is 0.200. The lowest BCUT2D eigenvalue weighted by Gasteiger charge is -2.14. The Morgan fingerprint density at radius 2 is 1.35 bits per heavy atom. The first kappa shape index (κ1) is 13.5. The van der Waals surface area contributed by atoms with Crippen LogP contribution in [-0.2, 0) is 6.18 Å². The topological polar surface area (TPSA) is 0 Å². The van der Waals surface area contributed by atoms with Crippen molar-refractivity contribution in [1.29, 1.82) is 0 Å². The number of hydrogen-bond acceptors (Lipinski definition) is 0. The molecule has 94 valence electrons. The fourth-order valence-electron chi connectivity index (χ4n) is 1.26. The Morgan fingerprint density at radius 3 is 1.71 bits per heavy atom.